The quantitative estimate of drug-likeness (QED) is 0.831. The van der Waals surface area contributed by atoms with Gasteiger partial charge in [0.05, 0.1) is 6.54 Å². The van der Waals surface area contributed by atoms with Crippen molar-refractivity contribution in [3.05, 3.63) is 23.2 Å². The van der Waals surface area contributed by atoms with Crippen LogP contribution in [0.5, 0.6) is 0 Å². The molecule has 3 heteroatoms. The molecule has 1 atom stereocenters. The van der Waals surface area contributed by atoms with Crippen LogP contribution in [0.15, 0.2) is 10.5 Å². The smallest absolute Gasteiger partial charge is 0.118 e. The van der Waals surface area contributed by atoms with Gasteiger partial charge in [0, 0.05) is 18.2 Å². The van der Waals surface area contributed by atoms with Gasteiger partial charge in [-0.15, -0.1) is 0 Å². The number of aryl methyl sites for hydroxylation is 1. The van der Waals surface area contributed by atoms with E-state index in [1.165, 1.54) is 18.4 Å². The van der Waals surface area contributed by atoms with Gasteiger partial charge in [0.25, 0.3) is 0 Å². The van der Waals surface area contributed by atoms with Crippen LogP contribution >= 0.6 is 0 Å². The zero-order chi connectivity index (χ0) is 11.7. The monoisotopic (exact) mass is 222 g/mol. The average Bonchev–Trinajstić information content (AvgIpc) is 3.04. The number of nitrogens with two attached hydrogens (primary N) is 1. The molecule has 16 heavy (non-hydrogen) atoms. The molecule has 0 aromatic carbocycles. The molecule has 2 rings (SSSR count). The van der Waals surface area contributed by atoms with Crippen molar-refractivity contribution < 1.29 is 4.42 Å². The van der Waals surface area contributed by atoms with E-state index in [0.29, 0.717) is 12.6 Å². The topological polar surface area (TPSA) is 42.4 Å². The van der Waals surface area contributed by atoms with Crippen molar-refractivity contribution in [3.63, 3.8) is 0 Å². The lowest BCUT2D eigenvalue weighted by atomic mass is 10.1. The maximum absolute atomic E-state index is 5.57. The summed E-state index contributed by atoms with van der Waals surface area (Å²) in [5, 5.41) is 0. The molecule has 0 saturated heterocycles. The van der Waals surface area contributed by atoms with E-state index < -0.39 is 0 Å². The normalized spacial score (nSPS) is 18.1. The lowest BCUT2D eigenvalue weighted by Crippen LogP contribution is -2.30. The van der Waals surface area contributed by atoms with Gasteiger partial charge in [-0.05, 0) is 45.7 Å². The highest BCUT2D eigenvalue weighted by molar-refractivity contribution is 5.20. The fraction of sp³-hybridized carbons (Fsp3) is 0.692. The van der Waals surface area contributed by atoms with Crippen LogP contribution in [-0.4, -0.2) is 18.0 Å². The first-order chi connectivity index (χ1) is 7.61. The van der Waals surface area contributed by atoms with Crippen LogP contribution in [0, 0.1) is 12.8 Å². The van der Waals surface area contributed by atoms with Gasteiger partial charge >= 0.3 is 0 Å². The van der Waals surface area contributed by atoms with Crippen molar-refractivity contribution in [2.24, 2.45) is 11.7 Å². The second-order valence-corrected chi connectivity index (χ2v) is 4.99. The zero-order valence-electron chi connectivity index (χ0n) is 10.5. The summed E-state index contributed by atoms with van der Waals surface area (Å²) in [6, 6.07) is 2.77. The van der Waals surface area contributed by atoms with Gasteiger partial charge in [-0.25, -0.2) is 0 Å². The van der Waals surface area contributed by atoms with E-state index in [2.05, 4.69) is 24.9 Å². The molecule has 1 unspecified atom stereocenters. The Morgan fingerprint density at radius 2 is 2.25 bits per heavy atom. The molecule has 0 aliphatic heterocycles. The van der Waals surface area contributed by atoms with Crippen molar-refractivity contribution in [1.82, 2.24) is 4.90 Å². The molecule has 1 aliphatic carbocycles. The van der Waals surface area contributed by atoms with Crippen molar-refractivity contribution in [1.29, 1.82) is 0 Å². The first-order valence-electron chi connectivity index (χ1n) is 6.10. The van der Waals surface area contributed by atoms with E-state index in [9.17, 15) is 0 Å². The van der Waals surface area contributed by atoms with Crippen molar-refractivity contribution in [2.45, 2.75) is 45.8 Å². The van der Waals surface area contributed by atoms with Gasteiger partial charge < -0.3 is 10.2 Å². The zero-order valence-corrected chi connectivity index (χ0v) is 10.5. The molecule has 1 heterocycles. The van der Waals surface area contributed by atoms with Gasteiger partial charge in [0.15, 0.2) is 0 Å². The van der Waals surface area contributed by atoms with Gasteiger partial charge in [0.2, 0.25) is 0 Å². The molecule has 1 aliphatic rings. The molecule has 1 fully saturated rings. The summed E-state index contributed by atoms with van der Waals surface area (Å²) in [6.45, 7) is 5.79. The molecule has 1 aromatic heterocycles. The molecule has 1 aromatic rings. The Hall–Kier alpha value is -0.800. The summed E-state index contributed by atoms with van der Waals surface area (Å²) >= 11 is 0. The SMILES string of the molecule is Cc1oc(CN)cc1CN(C)C(C)C1CC1. The third-order valence-corrected chi connectivity index (χ3v) is 3.69. The fourth-order valence-corrected chi connectivity index (χ4v) is 2.20. The molecule has 0 radical (unpaired) electrons. The maximum atomic E-state index is 5.57. The number of furan rings is 1. The Morgan fingerprint density at radius 3 is 2.75 bits per heavy atom. The first-order valence-corrected chi connectivity index (χ1v) is 6.10. The predicted molar refractivity (Wildman–Crippen MR) is 65.0 cm³/mol. The highest BCUT2D eigenvalue weighted by Crippen LogP contribution is 2.35. The van der Waals surface area contributed by atoms with E-state index in [1.54, 1.807) is 0 Å². The van der Waals surface area contributed by atoms with Gasteiger partial charge in [-0.3, -0.25) is 4.90 Å². The summed E-state index contributed by atoms with van der Waals surface area (Å²) in [5.74, 6) is 2.81. The minimum atomic E-state index is 0.489. The van der Waals surface area contributed by atoms with Crippen LogP contribution < -0.4 is 5.73 Å². The second-order valence-electron chi connectivity index (χ2n) is 4.99. The molecule has 0 spiro atoms. The molecule has 0 amide bonds. The Labute approximate surface area is 97.6 Å². The Balaban J connectivity index is 1.98. The molecule has 90 valence electrons. The van der Waals surface area contributed by atoms with E-state index >= 15 is 0 Å². The Kier molecular flexibility index (Phi) is 3.36. The highest BCUT2D eigenvalue weighted by atomic mass is 16.3. The summed E-state index contributed by atoms with van der Waals surface area (Å²) in [5.41, 5.74) is 6.85. The lowest BCUT2D eigenvalue weighted by molar-refractivity contribution is 0.225. The van der Waals surface area contributed by atoms with Crippen molar-refractivity contribution in [2.75, 3.05) is 7.05 Å². The van der Waals surface area contributed by atoms with Gasteiger partial charge in [0.1, 0.15) is 11.5 Å². The third-order valence-electron chi connectivity index (χ3n) is 3.69. The second kappa shape index (κ2) is 4.60. The summed E-state index contributed by atoms with van der Waals surface area (Å²) in [6.07, 6.45) is 2.79. The van der Waals surface area contributed by atoms with Gasteiger partial charge in [-0.1, -0.05) is 0 Å². The minimum Gasteiger partial charge on any atom is -0.465 e. The maximum Gasteiger partial charge on any atom is 0.118 e. The number of nitrogens with zero attached hydrogens (tertiary/aromatic N) is 1. The highest BCUT2D eigenvalue weighted by Gasteiger charge is 2.30. The van der Waals surface area contributed by atoms with E-state index in [1.807, 2.05) is 6.92 Å². The van der Waals surface area contributed by atoms with Crippen molar-refractivity contribution in [3.8, 4) is 0 Å². The summed E-state index contributed by atoms with van der Waals surface area (Å²) in [7, 11) is 2.19. The number of hydrogen-bond acceptors (Lipinski definition) is 3. The van der Waals surface area contributed by atoms with Crippen LogP contribution in [0.4, 0.5) is 0 Å². The molecule has 3 nitrogen and oxygen atoms in total. The van der Waals surface area contributed by atoms with Crippen LogP contribution in [0.2, 0.25) is 0 Å². The van der Waals surface area contributed by atoms with E-state index in [0.717, 1.165) is 24.0 Å². The predicted octanol–water partition coefficient (Wildman–Crippen LogP) is 2.28. The molecule has 0 bridgehead atoms. The lowest BCUT2D eigenvalue weighted by Gasteiger charge is -2.24. The summed E-state index contributed by atoms with van der Waals surface area (Å²) in [4.78, 5) is 2.41. The first kappa shape index (κ1) is 11.7. The van der Waals surface area contributed by atoms with Gasteiger partial charge in [-0.2, -0.15) is 0 Å². The molecule has 2 N–H and O–H groups in total. The van der Waals surface area contributed by atoms with Crippen LogP contribution in [0.1, 0.15) is 36.8 Å². The Bertz CT molecular complexity index is 355. The fourth-order valence-electron chi connectivity index (χ4n) is 2.20. The van der Waals surface area contributed by atoms with E-state index in [-0.39, 0.29) is 0 Å². The summed E-state index contributed by atoms with van der Waals surface area (Å²) < 4.78 is 5.57. The standard InChI is InChI=1S/C13H22N2O/c1-9(11-4-5-11)15(3)8-12-6-13(7-14)16-10(12)2/h6,9,11H,4-5,7-8,14H2,1-3H3. The van der Waals surface area contributed by atoms with Crippen LogP contribution in [0.25, 0.3) is 0 Å². The molecule has 1 saturated carbocycles. The van der Waals surface area contributed by atoms with E-state index in [4.69, 9.17) is 10.2 Å². The average molecular weight is 222 g/mol. The Morgan fingerprint density at radius 1 is 1.56 bits per heavy atom. The van der Waals surface area contributed by atoms with Crippen molar-refractivity contribution >= 4 is 0 Å². The number of rotatable bonds is 5. The molecular weight excluding hydrogens is 200 g/mol. The number of hydrogen-bond donors (Lipinski definition) is 1. The van der Waals surface area contributed by atoms with Crippen LogP contribution in [-0.2, 0) is 13.1 Å². The largest absolute Gasteiger partial charge is 0.465 e. The molecular formula is C13H22N2O. The minimum absolute atomic E-state index is 0.489. The van der Waals surface area contributed by atoms with Crippen LogP contribution in [0.3, 0.4) is 0 Å². The third kappa shape index (κ3) is 2.47.